The second-order valence-electron chi connectivity index (χ2n) is 7.51. The van der Waals surface area contributed by atoms with Crippen LogP contribution in [0, 0.1) is 19.7 Å². The summed E-state index contributed by atoms with van der Waals surface area (Å²) in [7, 11) is 0. The van der Waals surface area contributed by atoms with Crippen molar-refractivity contribution in [3.05, 3.63) is 99.5 Å². The number of aryl methyl sites for hydroxylation is 2. The standard InChI is InChI=1S/C24H23FN4O2/c1-16-20-13-27-29(15-22(30)26-12-18-8-4-3-5-9-18)24(31)23(20)17(2)28(16)14-19-10-6-7-11-21(19)25/h3-11,13H,12,14-15H2,1-2H3,(H,26,30). The molecular weight excluding hydrogens is 395 g/mol. The molecule has 0 unspecified atom stereocenters. The number of halogens is 1. The molecule has 6 nitrogen and oxygen atoms in total. The highest BCUT2D eigenvalue weighted by Gasteiger charge is 2.18. The maximum Gasteiger partial charge on any atom is 0.276 e. The average Bonchev–Trinajstić information content (AvgIpc) is 3.01. The molecule has 0 radical (unpaired) electrons. The molecule has 2 heterocycles. The lowest BCUT2D eigenvalue weighted by atomic mass is 10.2. The van der Waals surface area contributed by atoms with Crippen molar-refractivity contribution >= 4 is 16.7 Å². The predicted octanol–water partition coefficient (Wildman–Crippen LogP) is 3.32. The Kier molecular flexibility index (Phi) is 5.66. The number of hydrogen-bond donors (Lipinski definition) is 1. The molecule has 158 valence electrons. The minimum atomic E-state index is -0.333. The summed E-state index contributed by atoms with van der Waals surface area (Å²) >= 11 is 0. The van der Waals surface area contributed by atoms with Crippen LogP contribution in [0.2, 0.25) is 0 Å². The van der Waals surface area contributed by atoms with Crippen LogP contribution in [0.5, 0.6) is 0 Å². The minimum absolute atomic E-state index is 0.168. The fraction of sp³-hybridized carbons (Fsp3) is 0.208. The molecule has 0 spiro atoms. The third-order valence-corrected chi connectivity index (χ3v) is 5.52. The fourth-order valence-corrected chi connectivity index (χ4v) is 3.78. The predicted molar refractivity (Wildman–Crippen MR) is 117 cm³/mol. The van der Waals surface area contributed by atoms with Crippen molar-refractivity contribution in [2.45, 2.75) is 33.5 Å². The third kappa shape index (κ3) is 4.12. The van der Waals surface area contributed by atoms with Crippen LogP contribution in [0.4, 0.5) is 4.39 Å². The van der Waals surface area contributed by atoms with Crippen LogP contribution in [0.1, 0.15) is 22.5 Å². The van der Waals surface area contributed by atoms with Gasteiger partial charge in [-0.2, -0.15) is 5.10 Å². The summed E-state index contributed by atoms with van der Waals surface area (Å²) in [4.78, 5) is 25.4. The van der Waals surface area contributed by atoms with Gasteiger partial charge in [-0.15, -0.1) is 0 Å². The van der Waals surface area contributed by atoms with Crippen molar-refractivity contribution in [1.82, 2.24) is 19.7 Å². The lowest BCUT2D eigenvalue weighted by Gasteiger charge is -2.10. The van der Waals surface area contributed by atoms with Gasteiger partial charge in [0.25, 0.3) is 5.56 Å². The Balaban J connectivity index is 1.60. The SMILES string of the molecule is Cc1c2cnn(CC(=O)NCc3ccccc3)c(=O)c2c(C)n1Cc1ccccc1F. The van der Waals surface area contributed by atoms with Crippen molar-refractivity contribution in [2.75, 3.05) is 0 Å². The van der Waals surface area contributed by atoms with Crippen molar-refractivity contribution in [3.8, 4) is 0 Å². The molecule has 1 amide bonds. The first-order chi connectivity index (χ1) is 15.0. The van der Waals surface area contributed by atoms with Gasteiger partial charge in [0.05, 0.1) is 18.1 Å². The summed E-state index contributed by atoms with van der Waals surface area (Å²) in [6.07, 6.45) is 1.60. The van der Waals surface area contributed by atoms with Crippen LogP contribution in [-0.4, -0.2) is 20.3 Å². The largest absolute Gasteiger partial charge is 0.350 e. The van der Waals surface area contributed by atoms with Crippen molar-refractivity contribution in [1.29, 1.82) is 0 Å². The normalized spacial score (nSPS) is 11.1. The molecule has 31 heavy (non-hydrogen) atoms. The van der Waals surface area contributed by atoms with Gasteiger partial charge in [0, 0.05) is 28.9 Å². The molecule has 2 aromatic heterocycles. The van der Waals surface area contributed by atoms with E-state index in [0.717, 1.165) is 17.0 Å². The zero-order valence-corrected chi connectivity index (χ0v) is 17.4. The van der Waals surface area contributed by atoms with Crippen molar-refractivity contribution < 1.29 is 9.18 Å². The highest BCUT2D eigenvalue weighted by atomic mass is 19.1. The molecule has 0 aliphatic rings. The molecule has 0 atom stereocenters. The first-order valence-electron chi connectivity index (χ1n) is 10.0. The van der Waals surface area contributed by atoms with Crippen LogP contribution in [0.3, 0.4) is 0 Å². The van der Waals surface area contributed by atoms with Crippen LogP contribution in [0.15, 0.2) is 65.6 Å². The van der Waals surface area contributed by atoms with E-state index in [0.29, 0.717) is 29.4 Å². The number of nitrogens with one attached hydrogen (secondary N) is 1. The van der Waals surface area contributed by atoms with E-state index in [2.05, 4.69) is 10.4 Å². The lowest BCUT2D eigenvalue weighted by molar-refractivity contribution is -0.122. The fourth-order valence-electron chi connectivity index (χ4n) is 3.78. The molecule has 2 aromatic carbocycles. The van der Waals surface area contributed by atoms with Gasteiger partial charge < -0.3 is 9.88 Å². The van der Waals surface area contributed by atoms with E-state index in [1.165, 1.54) is 10.7 Å². The monoisotopic (exact) mass is 418 g/mol. The van der Waals surface area contributed by atoms with Crippen LogP contribution in [-0.2, 0) is 24.4 Å². The Bertz CT molecular complexity index is 1310. The van der Waals surface area contributed by atoms with E-state index >= 15 is 0 Å². The number of fused-ring (bicyclic) bond motifs is 1. The minimum Gasteiger partial charge on any atom is -0.350 e. The molecule has 0 saturated heterocycles. The average molecular weight is 418 g/mol. The van der Waals surface area contributed by atoms with Gasteiger partial charge >= 0.3 is 0 Å². The molecule has 0 fully saturated rings. The van der Waals surface area contributed by atoms with Crippen LogP contribution in [0.25, 0.3) is 10.8 Å². The van der Waals surface area contributed by atoms with E-state index in [1.54, 1.807) is 24.4 Å². The Labute approximate surface area is 178 Å². The number of hydrogen-bond acceptors (Lipinski definition) is 3. The summed E-state index contributed by atoms with van der Waals surface area (Å²) in [6, 6.07) is 16.1. The first-order valence-corrected chi connectivity index (χ1v) is 10.0. The van der Waals surface area contributed by atoms with Gasteiger partial charge in [-0.25, -0.2) is 9.07 Å². The molecule has 0 aliphatic heterocycles. The second kappa shape index (κ2) is 8.55. The molecule has 0 aliphatic carbocycles. The number of nitrogens with zero attached hydrogens (tertiary/aromatic N) is 3. The molecule has 0 bridgehead atoms. The Hall–Kier alpha value is -3.74. The van der Waals surface area contributed by atoms with Crippen LogP contribution < -0.4 is 10.9 Å². The third-order valence-electron chi connectivity index (χ3n) is 5.52. The van der Waals surface area contributed by atoms with Crippen LogP contribution >= 0.6 is 0 Å². The van der Waals surface area contributed by atoms with E-state index < -0.39 is 0 Å². The zero-order chi connectivity index (χ0) is 22.0. The molecule has 4 aromatic rings. The highest BCUT2D eigenvalue weighted by Crippen LogP contribution is 2.23. The van der Waals surface area contributed by atoms with Crippen molar-refractivity contribution in [2.24, 2.45) is 0 Å². The second-order valence-corrected chi connectivity index (χ2v) is 7.51. The van der Waals surface area contributed by atoms with Gasteiger partial charge in [-0.05, 0) is 25.5 Å². The lowest BCUT2D eigenvalue weighted by Crippen LogP contribution is -2.33. The smallest absolute Gasteiger partial charge is 0.276 e. The van der Waals surface area contributed by atoms with Gasteiger partial charge in [-0.1, -0.05) is 48.5 Å². The number of benzene rings is 2. The molecule has 4 rings (SSSR count). The molecule has 7 heteroatoms. The summed E-state index contributed by atoms with van der Waals surface area (Å²) in [5, 5.41) is 8.21. The summed E-state index contributed by atoms with van der Waals surface area (Å²) in [6.45, 7) is 4.24. The van der Waals surface area contributed by atoms with Gasteiger partial charge in [0.15, 0.2) is 0 Å². The van der Waals surface area contributed by atoms with Gasteiger partial charge in [0.1, 0.15) is 12.4 Å². The molecule has 1 N–H and O–H groups in total. The Morgan fingerprint density at radius 1 is 1.03 bits per heavy atom. The van der Waals surface area contributed by atoms with E-state index in [4.69, 9.17) is 0 Å². The first kappa shape index (κ1) is 20.5. The molecule has 0 saturated carbocycles. The van der Waals surface area contributed by atoms with Gasteiger partial charge in [0.2, 0.25) is 5.91 Å². The Morgan fingerprint density at radius 3 is 2.48 bits per heavy atom. The van der Waals surface area contributed by atoms with E-state index in [1.807, 2.05) is 48.7 Å². The maximum atomic E-state index is 14.1. The topological polar surface area (TPSA) is 68.9 Å². The Morgan fingerprint density at radius 2 is 1.74 bits per heavy atom. The summed E-state index contributed by atoms with van der Waals surface area (Å²) < 4.78 is 17.2. The molecular formula is C24H23FN4O2. The summed E-state index contributed by atoms with van der Waals surface area (Å²) in [5.74, 6) is -0.581. The number of carbonyl (C=O) groups is 1. The zero-order valence-electron chi connectivity index (χ0n) is 17.4. The van der Waals surface area contributed by atoms with E-state index in [-0.39, 0.29) is 23.8 Å². The quantitative estimate of drug-likeness (QED) is 0.522. The highest BCUT2D eigenvalue weighted by molar-refractivity contribution is 5.87. The van der Waals surface area contributed by atoms with Crippen molar-refractivity contribution in [3.63, 3.8) is 0 Å². The number of amides is 1. The number of rotatable bonds is 6. The van der Waals surface area contributed by atoms with Gasteiger partial charge in [-0.3, -0.25) is 9.59 Å². The summed E-state index contributed by atoms with van der Waals surface area (Å²) in [5.41, 5.74) is 2.74. The maximum absolute atomic E-state index is 14.1. The number of carbonyl (C=O) groups excluding carboxylic acids is 1. The van der Waals surface area contributed by atoms with E-state index in [9.17, 15) is 14.0 Å². The number of aromatic nitrogens is 3.